The van der Waals surface area contributed by atoms with Gasteiger partial charge in [-0.1, -0.05) is 26.8 Å². The summed E-state index contributed by atoms with van der Waals surface area (Å²) in [5.41, 5.74) is 4.50. The number of hydrogen-bond donors (Lipinski definition) is 2. The number of nitrogens with zero attached hydrogens (tertiary/aromatic N) is 5. The fraction of sp³-hybridized carbons (Fsp3) is 0.393. The second-order valence-corrected chi connectivity index (χ2v) is 10.7. The molecule has 0 spiro atoms. The van der Waals surface area contributed by atoms with E-state index in [1.54, 1.807) is 30.3 Å². The summed E-state index contributed by atoms with van der Waals surface area (Å²) in [7, 11) is 3.48. The van der Waals surface area contributed by atoms with Gasteiger partial charge in [0.25, 0.3) is 0 Å². The van der Waals surface area contributed by atoms with Crippen molar-refractivity contribution in [3.63, 3.8) is 0 Å². The minimum atomic E-state index is -1.06. The van der Waals surface area contributed by atoms with E-state index in [4.69, 9.17) is 4.74 Å². The molecule has 37 heavy (non-hydrogen) atoms. The number of carboxylic acid groups (broad SMARTS) is 1. The number of aryl methyl sites for hydroxylation is 1. The average Bonchev–Trinajstić information content (AvgIpc) is 3.57. The zero-order valence-electron chi connectivity index (χ0n) is 22.1. The molecular weight excluding hydrogens is 468 g/mol. The molecule has 1 aliphatic rings. The summed E-state index contributed by atoms with van der Waals surface area (Å²) in [5.74, 6) is 1.26. The van der Waals surface area contributed by atoms with Gasteiger partial charge in [0, 0.05) is 43.0 Å². The maximum Gasteiger partial charge on any atom is 0.416 e. The van der Waals surface area contributed by atoms with Gasteiger partial charge in [-0.2, -0.15) is 5.10 Å². The lowest BCUT2D eigenvalue weighted by Gasteiger charge is -2.20. The second kappa shape index (κ2) is 9.55. The highest BCUT2D eigenvalue weighted by atomic mass is 16.5. The summed E-state index contributed by atoms with van der Waals surface area (Å²) in [6.07, 6.45) is 6.74. The van der Waals surface area contributed by atoms with Gasteiger partial charge in [0.2, 0.25) is 0 Å². The number of hydrogen-bond acceptors (Lipinski definition) is 6. The van der Waals surface area contributed by atoms with E-state index in [9.17, 15) is 9.90 Å². The van der Waals surface area contributed by atoms with Crippen molar-refractivity contribution in [2.45, 2.75) is 45.6 Å². The highest BCUT2D eigenvalue weighted by Crippen LogP contribution is 2.41. The van der Waals surface area contributed by atoms with Gasteiger partial charge >= 0.3 is 6.09 Å². The fourth-order valence-electron chi connectivity index (χ4n) is 5.30. The highest BCUT2D eigenvalue weighted by molar-refractivity contribution is 6.00. The van der Waals surface area contributed by atoms with Crippen LogP contribution in [0.5, 0.6) is 5.75 Å². The first-order valence-electron chi connectivity index (χ1n) is 12.6. The Hall–Kier alpha value is -3.85. The van der Waals surface area contributed by atoms with E-state index in [-0.39, 0.29) is 5.41 Å². The monoisotopic (exact) mass is 502 g/mol. The van der Waals surface area contributed by atoms with Crippen molar-refractivity contribution < 1.29 is 14.6 Å². The Labute approximate surface area is 216 Å². The van der Waals surface area contributed by atoms with Gasteiger partial charge in [-0.3, -0.25) is 9.58 Å². The van der Waals surface area contributed by atoms with Crippen LogP contribution >= 0.6 is 0 Å². The molecule has 0 atom stereocenters. The molecular formula is C28H34N6O3. The first kappa shape index (κ1) is 24.8. The highest BCUT2D eigenvalue weighted by Gasteiger charge is 2.30. The number of likely N-dealkylation sites (tertiary alicyclic amines) is 1. The van der Waals surface area contributed by atoms with Gasteiger partial charge in [-0.05, 0) is 54.6 Å². The average molecular weight is 503 g/mol. The van der Waals surface area contributed by atoms with Crippen LogP contribution in [0.4, 0.5) is 16.3 Å². The Balaban J connectivity index is 1.57. The van der Waals surface area contributed by atoms with Crippen LogP contribution in [0.25, 0.3) is 22.2 Å². The predicted molar refractivity (Wildman–Crippen MR) is 145 cm³/mol. The lowest BCUT2D eigenvalue weighted by Crippen LogP contribution is -2.18. The lowest BCUT2D eigenvalue weighted by atomic mass is 9.84. The van der Waals surface area contributed by atoms with Crippen molar-refractivity contribution in [1.82, 2.24) is 24.2 Å². The standard InChI is InChI=1S/C28H34N6O3/c1-28(2,3)25-20-15-29-24(13-22(20)34(27(35)36)26(25)19-14-30-32(4)17-19)31-21-9-8-18(12-23(21)37-5)16-33-10-6-7-11-33/h8-9,12-15,17H,6-7,10-11,16H2,1-5H3,(H,29,31)(H,35,36). The molecule has 9 nitrogen and oxygen atoms in total. The van der Waals surface area contributed by atoms with Crippen LogP contribution in [0.1, 0.15) is 44.7 Å². The van der Waals surface area contributed by atoms with Gasteiger partial charge in [-0.15, -0.1) is 0 Å². The van der Waals surface area contributed by atoms with Crippen LogP contribution in [0, 0.1) is 0 Å². The Morgan fingerprint density at radius 3 is 2.54 bits per heavy atom. The van der Waals surface area contributed by atoms with E-state index in [0.717, 1.165) is 47.6 Å². The Bertz CT molecular complexity index is 1460. The molecule has 3 aromatic heterocycles. The van der Waals surface area contributed by atoms with Crippen molar-refractivity contribution in [2.75, 3.05) is 25.5 Å². The maximum absolute atomic E-state index is 12.6. The van der Waals surface area contributed by atoms with E-state index in [1.165, 1.54) is 23.0 Å². The van der Waals surface area contributed by atoms with Gasteiger partial charge in [-0.25, -0.2) is 14.3 Å². The molecule has 1 aliphatic heterocycles. The Kier molecular flexibility index (Phi) is 6.41. The van der Waals surface area contributed by atoms with Crippen LogP contribution in [0.15, 0.2) is 42.9 Å². The van der Waals surface area contributed by atoms with Crippen LogP contribution in [0.3, 0.4) is 0 Å². The molecule has 0 amide bonds. The normalized spacial score (nSPS) is 14.4. The van der Waals surface area contributed by atoms with E-state index < -0.39 is 6.09 Å². The number of methoxy groups -OCH3 is 1. The second-order valence-electron chi connectivity index (χ2n) is 10.7. The van der Waals surface area contributed by atoms with Crippen molar-refractivity contribution in [3.8, 4) is 17.0 Å². The maximum atomic E-state index is 12.6. The Morgan fingerprint density at radius 1 is 1.16 bits per heavy atom. The fourth-order valence-corrected chi connectivity index (χ4v) is 5.30. The summed E-state index contributed by atoms with van der Waals surface area (Å²) >= 11 is 0. The van der Waals surface area contributed by atoms with Crippen molar-refractivity contribution in [1.29, 1.82) is 0 Å². The third kappa shape index (κ3) is 4.79. The molecule has 2 N–H and O–H groups in total. The number of fused-ring (bicyclic) bond motifs is 1. The quantitative estimate of drug-likeness (QED) is 0.354. The number of anilines is 2. The zero-order chi connectivity index (χ0) is 26.3. The minimum Gasteiger partial charge on any atom is -0.495 e. The molecule has 0 unspecified atom stereocenters. The molecule has 1 saturated heterocycles. The zero-order valence-corrected chi connectivity index (χ0v) is 22.1. The largest absolute Gasteiger partial charge is 0.495 e. The third-order valence-electron chi connectivity index (χ3n) is 6.91. The number of benzene rings is 1. The van der Waals surface area contributed by atoms with E-state index >= 15 is 0 Å². The molecule has 9 heteroatoms. The van der Waals surface area contributed by atoms with E-state index in [0.29, 0.717) is 17.0 Å². The molecule has 1 aromatic carbocycles. The smallest absolute Gasteiger partial charge is 0.416 e. The van der Waals surface area contributed by atoms with Crippen LogP contribution in [0.2, 0.25) is 0 Å². The molecule has 0 bridgehead atoms. The summed E-state index contributed by atoms with van der Waals surface area (Å²) in [6.45, 7) is 9.40. The van der Waals surface area contributed by atoms with Gasteiger partial charge < -0.3 is 15.2 Å². The predicted octanol–water partition coefficient (Wildman–Crippen LogP) is 5.61. The molecule has 5 rings (SSSR count). The van der Waals surface area contributed by atoms with Gasteiger partial charge in [0.1, 0.15) is 11.6 Å². The Morgan fingerprint density at radius 2 is 1.92 bits per heavy atom. The number of ether oxygens (including phenoxy) is 1. The van der Waals surface area contributed by atoms with E-state index in [1.807, 2.05) is 19.3 Å². The van der Waals surface area contributed by atoms with Gasteiger partial charge in [0.05, 0.1) is 30.2 Å². The number of pyridine rings is 1. The topological polar surface area (TPSA) is 97.4 Å². The van der Waals surface area contributed by atoms with Crippen molar-refractivity contribution in [3.05, 3.63) is 54.0 Å². The first-order valence-corrected chi connectivity index (χ1v) is 12.6. The van der Waals surface area contributed by atoms with Crippen molar-refractivity contribution in [2.24, 2.45) is 7.05 Å². The molecule has 4 heterocycles. The number of rotatable bonds is 6. The first-order chi connectivity index (χ1) is 17.7. The van der Waals surface area contributed by atoms with Crippen molar-refractivity contribution >= 4 is 28.5 Å². The van der Waals surface area contributed by atoms with Crippen LogP contribution in [-0.4, -0.2) is 55.6 Å². The van der Waals surface area contributed by atoms with Crippen LogP contribution < -0.4 is 10.1 Å². The number of carbonyl (C=O) groups is 1. The molecule has 0 radical (unpaired) electrons. The summed E-state index contributed by atoms with van der Waals surface area (Å²) in [4.78, 5) is 19.7. The molecule has 4 aromatic rings. The summed E-state index contributed by atoms with van der Waals surface area (Å²) in [5, 5.41) is 18.7. The minimum absolute atomic E-state index is 0.324. The summed E-state index contributed by atoms with van der Waals surface area (Å²) < 4.78 is 8.70. The van der Waals surface area contributed by atoms with Crippen LogP contribution in [-0.2, 0) is 19.0 Å². The molecule has 0 aliphatic carbocycles. The SMILES string of the molecule is COc1cc(CN2CCCC2)ccc1Nc1cc2c(cn1)c(C(C)(C)C)c(-c1cnn(C)c1)n2C(=O)O. The number of aromatic nitrogens is 4. The lowest BCUT2D eigenvalue weighted by molar-refractivity contribution is 0.198. The number of nitrogens with one attached hydrogen (secondary N) is 1. The van der Waals surface area contributed by atoms with Gasteiger partial charge in [0.15, 0.2) is 0 Å². The molecule has 0 saturated carbocycles. The summed E-state index contributed by atoms with van der Waals surface area (Å²) in [6, 6.07) is 7.93. The molecule has 1 fully saturated rings. The molecule has 194 valence electrons. The third-order valence-corrected chi connectivity index (χ3v) is 6.91. The van der Waals surface area contributed by atoms with E-state index in [2.05, 4.69) is 53.2 Å².